The summed E-state index contributed by atoms with van der Waals surface area (Å²) < 4.78 is 4.98. The Morgan fingerprint density at radius 3 is 2.52 bits per heavy atom. The number of nitrogens with one attached hydrogen (secondary N) is 2. The fourth-order valence-electron chi connectivity index (χ4n) is 2.55. The number of rotatable bonds is 10. The smallest absolute Gasteiger partial charge is 0.308 e. The Hall–Kier alpha value is -3.20. The van der Waals surface area contributed by atoms with Gasteiger partial charge in [0.25, 0.3) is 0 Å². The monoisotopic (exact) mass is 416 g/mol. The molecule has 0 saturated heterocycles. The highest BCUT2D eigenvalue weighted by atomic mass is 32.1. The van der Waals surface area contributed by atoms with E-state index >= 15 is 0 Å². The lowest BCUT2D eigenvalue weighted by atomic mass is 10.1. The topological polar surface area (TPSA) is 123 Å². The molecule has 29 heavy (non-hydrogen) atoms. The summed E-state index contributed by atoms with van der Waals surface area (Å²) in [4.78, 5) is 37.1. The maximum absolute atomic E-state index is 12.3. The lowest BCUT2D eigenvalue weighted by molar-refractivity contribution is -0.143. The van der Waals surface area contributed by atoms with Gasteiger partial charge >= 0.3 is 5.97 Å². The summed E-state index contributed by atoms with van der Waals surface area (Å²) in [6, 6.07) is 10.2. The number of thiophene rings is 1. The minimum absolute atomic E-state index is 0.00838. The number of ether oxygens (including phenoxy) is 1. The second-order valence-electron chi connectivity index (χ2n) is 6.09. The van der Waals surface area contributed by atoms with Crippen molar-refractivity contribution in [1.82, 2.24) is 5.32 Å². The van der Waals surface area contributed by atoms with E-state index in [1.807, 2.05) is 17.5 Å². The van der Waals surface area contributed by atoms with Gasteiger partial charge < -0.3 is 21.2 Å². The molecule has 1 heterocycles. The zero-order chi connectivity index (χ0) is 21.1. The summed E-state index contributed by atoms with van der Waals surface area (Å²) in [6.07, 6.45) is 1.57. The number of carbonyl (C=O) groups is 3. The number of anilines is 1. The highest BCUT2D eigenvalue weighted by Crippen LogP contribution is 2.22. The van der Waals surface area contributed by atoms with Gasteiger partial charge in [-0.25, -0.2) is 0 Å². The van der Waals surface area contributed by atoms with Crippen molar-refractivity contribution in [2.45, 2.75) is 32.2 Å². The van der Waals surface area contributed by atoms with Crippen LogP contribution >= 0.6 is 11.3 Å². The van der Waals surface area contributed by atoms with Crippen molar-refractivity contribution in [1.29, 1.82) is 0 Å². The number of esters is 1. The van der Waals surface area contributed by atoms with Crippen LogP contribution in [-0.4, -0.2) is 30.6 Å². The average Bonchev–Trinajstić information content (AvgIpc) is 3.23. The molecule has 1 aromatic heterocycles. The van der Waals surface area contributed by atoms with Gasteiger partial charge in [-0.2, -0.15) is 5.10 Å². The third-order valence-corrected chi connectivity index (χ3v) is 4.88. The van der Waals surface area contributed by atoms with E-state index in [9.17, 15) is 14.4 Å². The molecule has 0 aliphatic heterocycles. The van der Waals surface area contributed by atoms with Gasteiger partial charge in [0, 0.05) is 23.4 Å². The van der Waals surface area contributed by atoms with Crippen LogP contribution in [0.15, 0.2) is 46.9 Å². The van der Waals surface area contributed by atoms with Crippen molar-refractivity contribution < 1.29 is 19.1 Å². The highest BCUT2D eigenvalue weighted by molar-refractivity contribution is 7.10. The van der Waals surface area contributed by atoms with Gasteiger partial charge in [0.1, 0.15) is 0 Å². The normalized spacial score (nSPS) is 11.8. The Morgan fingerprint density at radius 2 is 1.90 bits per heavy atom. The Bertz CT molecular complexity index is 835. The maximum Gasteiger partial charge on any atom is 0.308 e. The molecule has 0 fully saturated rings. The molecule has 154 valence electrons. The van der Waals surface area contributed by atoms with Gasteiger partial charge in [0.2, 0.25) is 11.8 Å². The number of amides is 2. The van der Waals surface area contributed by atoms with Gasteiger partial charge in [-0.05, 0) is 36.1 Å². The molecule has 1 unspecified atom stereocenters. The van der Waals surface area contributed by atoms with E-state index in [-0.39, 0.29) is 43.7 Å². The van der Waals surface area contributed by atoms with Crippen molar-refractivity contribution in [2.24, 2.45) is 10.9 Å². The van der Waals surface area contributed by atoms with E-state index < -0.39 is 6.04 Å². The molecule has 1 atom stereocenters. The molecule has 0 bridgehead atoms. The van der Waals surface area contributed by atoms with Crippen LogP contribution in [0, 0.1) is 0 Å². The minimum Gasteiger partial charge on any atom is -0.466 e. The molecule has 8 nitrogen and oxygen atoms in total. The van der Waals surface area contributed by atoms with Gasteiger partial charge in [-0.3, -0.25) is 14.4 Å². The lowest BCUT2D eigenvalue weighted by Gasteiger charge is -2.16. The first-order chi connectivity index (χ1) is 14.0. The second kappa shape index (κ2) is 11.6. The molecule has 9 heteroatoms. The van der Waals surface area contributed by atoms with E-state index in [0.717, 1.165) is 10.4 Å². The zero-order valence-corrected chi connectivity index (χ0v) is 16.9. The molecule has 2 aromatic rings. The zero-order valence-electron chi connectivity index (χ0n) is 16.1. The molecule has 0 spiro atoms. The van der Waals surface area contributed by atoms with Crippen molar-refractivity contribution in [3.8, 4) is 0 Å². The molecule has 0 saturated carbocycles. The molecule has 2 rings (SSSR count). The largest absolute Gasteiger partial charge is 0.466 e. The number of benzene rings is 1. The number of nitrogens with zero attached hydrogens (tertiary/aromatic N) is 1. The molecular weight excluding hydrogens is 392 g/mol. The van der Waals surface area contributed by atoms with Gasteiger partial charge in [-0.15, -0.1) is 11.3 Å². The number of nitrogens with two attached hydrogens (primary N) is 1. The number of hydrazone groups is 1. The number of hydrogen-bond acceptors (Lipinski definition) is 7. The van der Waals surface area contributed by atoms with Crippen LogP contribution in [-0.2, 0) is 19.1 Å². The number of hydrogen-bond donors (Lipinski definition) is 3. The van der Waals surface area contributed by atoms with Crippen LogP contribution in [0.25, 0.3) is 0 Å². The van der Waals surface area contributed by atoms with Crippen LogP contribution in [0.2, 0.25) is 0 Å². The van der Waals surface area contributed by atoms with E-state index in [4.69, 9.17) is 10.6 Å². The predicted molar refractivity (Wildman–Crippen MR) is 113 cm³/mol. The first kappa shape index (κ1) is 22.1. The van der Waals surface area contributed by atoms with Crippen molar-refractivity contribution in [2.75, 3.05) is 11.9 Å². The first-order valence-electron chi connectivity index (χ1n) is 9.13. The Balaban J connectivity index is 1.84. The van der Waals surface area contributed by atoms with E-state index in [1.165, 1.54) is 17.6 Å². The van der Waals surface area contributed by atoms with E-state index in [2.05, 4.69) is 15.7 Å². The van der Waals surface area contributed by atoms with Crippen LogP contribution in [0.5, 0.6) is 0 Å². The van der Waals surface area contributed by atoms with Gasteiger partial charge in [0.15, 0.2) is 0 Å². The van der Waals surface area contributed by atoms with Crippen LogP contribution < -0.4 is 16.5 Å². The SMILES string of the molecule is CCOC(=O)CC(NC(=O)CCC(=O)Nc1ccc(C=NN)cc1)c1cccs1. The molecule has 1 aromatic carbocycles. The van der Waals surface area contributed by atoms with E-state index in [0.29, 0.717) is 5.69 Å². The van der Waals surface area contributed by atoms with Crippen LogP contribution in [0.4, 0.5) is 5.69 Å². The Morgan fingerprint density at radius 1 is 1.17 bits per heavy atom. The summed E-state index contributed by atoms with van der Waals surface area (Å²) in [5.41, 5.74) is 1.43. The predicted octanol–water partition coefficient (Wildman–Crippen LogP) is 2.57. The summed E-state index contributed by atoms with van der Waals surface area (Å²) in [7, 11) is 0. The standard InChI is InChI=1S/C20H24N4O4S/c1-2-28-20(27)12-16(17-4-3-11-29-17)24-19(26)10-9-18(25)23-15-7-5-14(6-8-15)13-22-21/h3-8,11,13,16H,2,9-10,12,21H2,1H3,(H,23,25)(H,24,26). The fraction of sp³-hybridized carbons (Fsp3) is 0.300. The average molecular weight is 417 g/mol. The van der Waals surface area contributed by atoms with Crippen molar-refractivity contribution >= 4 is 41.0 Å². The molecule has 2 amide bonds. The summed E-state index contributed by atoms with van der Waals surface area (Å²) in [5.74, 6) is 4.12. The third-order valence-electron chi connectivity index (χ3n) is 3.90. The van der Waals surface area contributed by atoms with Crippen LogP contribution in [0.3, 0.4) is 0 Å². The van der Waals surface area contributed by atoms with Crippen molar-refractivity contribution in [3.05, 3.63) is 52.2 Å². The molecule has 0 radical (unpaired) electrons. The second-order valence-corrected chi connectivity index (χ2v) is 7.07. The fourth-order valence-corrected chi connectivity index (χ4v) is 3.33. The first-order valence-corrected chi connectivity index (χ1v) is 10.0. The Kier molecular flexibility index (Phi) is 8.84. The summed E-state index contributed by atoms with van der Waals surface area (Å²) >= 11 is 1.44. The molecule has 0 aliphatic carbocycles. The van der Waals surface area contributed by atoms with Gasteiger partial charge in [0.05, 0.1) is 25.3 Å². The molecule has 0 aliphatic rings. The summed E-state index contributed by atoms with van der Waals surface area (Å²) in [6.45, 7) is 2.01. The van der Waals surface area contributed by atoms with Gasteiger partial charge in [-0.1, -0.05) is 18.2 Å². The molecule has 4 N–H and O–H groups in total. The van der Waals surface area contributed by atoms with Crippen molar-refractivity contribution in [3.63, 3.8) is 0 Å². The minimum atomic E-state index is -0.471. The van der Waals surface area contributed by atoms with Crippen LogP contribution in [0.1, 0.15) is 42.7 Å². The Labute approximate surface area is 173 Å². The highest BCUT2D eigenvalue weighted by Gasteiger charge is 2.20. The number of carbonyl (C=O) groups excluding carboxylic acids is 3. The lowest BCUT2D eigenvalue weighted by Crippen LogP contribution is -2.30. The maximum atomic E-state index is 12.3. The summed E-state index contributed by atoms with van der Waals surface area (Å²) in [5, 5.41) is 10.8. The van der Waals surface area contributed by atoms with E-state index in [1.54, 1.807) is 31.2 Å². The quantitative estimate of drug-likeness (QED) is 0.238. The third kappa shape index (κ3) is 7.74. The molecular formula is C20H24N4O4S.